The highest BCUT2D eigenvalue weighted by molar-refractivity contribution is 7.91. The highest BCUT2D eigenvalue weighted by Crippen LogP contribution is 1.88. The second kappa shape index (κ2) is 6.06. The second-order valence-corrected chi connectivity index (χ2v) is 3.51. The molecule has 0 heterocycles. The molecule has 0 radical (unpaired) electrons. The molecule has 0 rings (SSSR count). The van der Waals surface area contributed by atoms with Crippen LogP contribution in [0.15, 0.2) is 12.7 Å². The van der Waals surface area contributed by atoms with Crippen molar-refractivity contribution in [2.45, 2.75) is 0 Å². The summed E-state index contributed by atoms with van der Waals surface area (Å²) < 4.78 is 10.9. The lowest BCUT2D eigenvalue weighted by molar-refractivity contribution is 0.249. The number of nitrogens with one attached hydrogen (secondary N) is 1. The third-order valence-electron chi connectivity index (χ3n) is 0.933. The van der Waals surface area contributed by atoms with Gasteiger partial charge in [-0.1, -0.05) is 6.58 Å². The third kappa shape index (κ3) is 7.21. The number of urea groups is 1. The summed E-state index contributed by atoms with van der Waals surface area (Å²) in [7, 11) is 0. The van der Waals surface area contributed by atoms with Crippen LogP contribution < -0.4 is 11.1 Å². The van der Waals surface area contributed by atoms with Crippen molar-refractivity contribution >= 4 is 17.2 Å². The fourth-order valence-electron chi connectivity index (χ4n) is 0.503. The Morgan fingerprint density at radius 1 is 1.82 bits per heavy atom. The minimum atomic E-state index is -0.925. The number of primary amides is 1. The van der Waals surface area contributed by atoms with Crippen LogP contribution in [0.4, 0.5) is 4.79 Å². The van der Waals surface area contributed by atoms with Crippen LogP contribution in [0, 0.1) is 0 Å². The molecule has 0 saturated carbocycles. The molecular formula is C6H12N2O2S. The summed E-state index contributed by atoms with van der Waals surface area (Å²) in [4.78, 5) is 10.1. The lowest BCUT2D eigenvalue weighted by Crippen LogP contribution is -2.33. The maximum absolute atomic E-state index is 10.9. The molecule has 0 aliphatic heterocycles. The summed E-state index contributed by atoms with van der Waals surface area (Å²) in [5, 5.41) is 2.35. The summed E-state index contributed by atoms with van der Waals surface area (Å²) >= 11 is -0.925. The van der Waals surface area contributed by atoms with Crippen LogP contribution in [0.3, 0.4) is 0 Å². The van der Waals surface area contributed by atoms with Crippen molar-refractivity contribution in [2.75, 3.05) is 18.1 Å². The quantitative estimate of drug-likeness (QED) is 0.441. The normalized spacial score (nSPS) is 12.1. The van der Waals surface area contributed by atoms with Crippen molar-refractivity contribution in [1.29, 1.82) is 0 Å². The van der Waals surface area contributed by atoms with Gasteiger partial charge in [-0.2, -0.15) is 0 Å². The van der Waals surface area contributed by atoms with Crippen LogP contribution in [-0.4, -0.2) is 28.6 Å². The van der Waals surface area contributed by atoms with Gasteiger partial charge in [0, 0.05) is 0 Å². The van der Waals surface area contributed by atoms with E-state index < -0.39 is 17.2 Å². The fraction of sp³-hybridized carbons (Fsp3) is 0.500. The first-order valence-electron chi connectivity index (χ1n) is 3.16. The van der Waals surface area contributed by atoms with Gasteiger partial charge < -0.3 is 15.6 Å². The van der Waals surface area contributed by atoms with E-state index in [0.717, 1.165) is 0 Å². The Morgan fingerprint density at radius 3 is 2.91 bits per heavy atom. The van der Waals surface area contributed by atoms with E-state index in [1.807, 2.05) is 0 Å². The van der Waals surface area contributed by atoms with E-state index in [0.29, 0.717) is 18.1 Å². The van der Waals surface area contributed by atoms with Gasteiger partial charge in [0.2, 0.25) is 0 Å². The second-order valence-electron chi connectivity index (χ2n) is 1.89. The van der Waals surface area contributed by atoms with Crippen LogP contribution in [0.1, 0.15) is 0 Å². The first-order valence-corrected chi connectivity index (χ1v) is 4.64. The molecule has 2 amide bonds. The van der Waals surface area contributed by atoms with Crippen molar-refractivity contribution in [3.05, 3.63) is 12.7 Å². The number of nitrogens with two attached hydrogens (primary N) is 1. The topological polar surface area (TPSA) is 78.2 Å². The molecule has 0 aliphatic carbocycles. The molecule has 0 spiro atoms. The predicted octanol–water partition coefficient (Wildman–Crippen LogP) is -0.411. The van der Waals surface area contributed by atoms with Crippen molar-refractivity contribution in [1.82, 2.24) is 5.32 Å². The number of carbonyl (C=O) groups excluding carboxylic acids is 1. The summed E-state index contributed by atoms with van der Waals surface area (Å²) in [6.07, 6.45) is 1.58. The molecule has 5 heteroatoms. The zero-order valence-corrected chi connectivity index (χ0v) is 7.02. The number of hydrogen-bond acceptors (Lipinski definition) is 2. The van der Waals surface area contributed by atoms with Gasteiger partial charge >= 0.3 is 6.03 Å². The van der Waals surface area contributed by atoms with E-state index >= 15 is 0 Å². The van der Waals surface area contributed by atoms with E-state index in [-0.39, 0.29) is 0 Å². The Kier molecular flexibility index (Phi) is 5.68. The molecule has 0 aliphatic rings. The van der Waals surface area contributed by atoms with Crippen LogP contribution >= 0.6 is 0 Å². The van der Waals surface area contributed by atoms with E-state index in [2.05, 4.69) is 11.9 Å². The monoisotopic (exact) mass is 176 g/mol. The molecule has 0 aromatic rings. The van der Waals surface area contributed by atoms with Crippen LogP contribution in [0.25, 0.3) is 0 Å². The van der Waals surface area contributed by atoms with Gasteiger partial charge in [-0.25, -0.2) is 4.79 Å². The Hall–Kier alpha value is -0.680. The molecule has 64 valence electrons. The molecule has 1 atom stereocenters. The summed E-state index contributed by atoms with van der Waals surface area (Å²) in [5.74, 6) is 0.884. The standard InChI is InChI=1S/C6H12N2O2S/c1-2-4-11(10)5-3-8-6(7)9/h2H,1,3-5H2,(H3,7,8,9). The van der Waals surface area contributed by atoms with Gasteiger partial charge in [0.15, 0.2) is 0 Å². The number of hydrogen-bond donors (Lipinski definition) is 2. The van der Waals surface area contributed by atoms with E-state index in [4.69, 9.17) is 5.73 Å². The minimum Gasteiger partial charge on any atom is -0.616 e. The Labute approximate surface area is 69.0 Å². The number of amides is 2. The molecule has 0 aromatic heterocycles. The zero-order valence-electron chi connectivity index (χ0n) is 6.21. The molecule has 0 saturated heterocycles. The van der Waals surface area contributed by atoms with Crippen LogP contribution in [0.5, 0.6) is 0 Å². The average molecular weight is 176 g/mol. The Morgan fingerprint density at radius 2 is 2.45 bits per heavy atom. The maximum Gasteiger partial charge on any atom is 0.312 e. The first kappa shape index (κ1) is 10.3. The van der Waals surface area contributed by atoms with E-state index in [1.54, 1.807) is 6.08 Å². The summed E-state index contributed by atoms with van der Waals surface area (Å²) in [6, 6.07) is -0.583. The fourth-order valence-corrected chi connectivity index (χ4v) is 1.26. The number of rotatable bonds is 5. The van der Waals surface area contributed by atoms with Crippen molar-refractivity contribution in [2.24, 2.45) is 5.73 Å². The van der Waals surface area contributed by atoms with Gasteiger partial charge in [-0.3, -0.25) is 0 Å². The van der Waals surface area contributed by atoms with Gasteiger partial charge in [0.25, 0.3) is 0 Å². The lowest BCUT2D eigenvalue weighted by atomic mass is 10.7. The molecule has 0 aromatic carbocycles. The van der Waals surface area contributed by atoms with E-state index in [1.165, 1.54) is 0 Å². The molecule has 0 bridgehead atoms. The van der Waals surface area contributed by atoms with Gasteiger partial charge in [-0.05, 0) is 17.3 Å². The molecule has 11 heavy (non-hydrogen) atoms. The van der Waals surface area contributed by atoms with E-state index in [9.17, 15) is 9.35 Å². The van der Waals surface area contributed by atoms with Gasteiger partial charge in [0.05, 0.1) is 6.54 Å². The Balaban J connectivity index is 3.23. The first-order chi connectivity index (χ1) is 5.16. The molecule has 3 N–H and O–H groups in total. The minimum absolute atomic E-state index is 0.357. The van der Waals surface area contributed by atoms with Gasteiger partial charge in [0.1, 0.15) is 11.5 Å². The van der Waals surface area contributed by atoms with Crippen LogP contribution in [-0.2, 0) is 11.2 Å². The maximum atomic E-state index is 10.9. The third-order valence-corrected chi connectivity index (χ3v) is 2.20. The molecular weight excluding hydrogens is 164 g/mol. The zero-order chi connectivity index (χ0) is 8.69. The van der Waals surface area contributed by atoms with Crippen molar-refractivity contribution < 1.29 is 9.35 Å². The highest BCUT2D eigenvalue weighted by atomic mass is 32.2. The largest absolute Gasteiger partial charge is 0.616 e. The van der Waals surface area contributed by atoms with Crippen LogP contribution in [0.2, 0.25) is 0 Å². The average Bonchev–Trinajstić information content (AvgIpc) is 1.87. The molecule has 4 nitrogen and oxygen atoms in total. The SMILES string of the molecule is C=CC[S+]([O-])CCNC(N)=O. The number of carbonyl (C=O) groups is 1. The lowest BCUT2D eigenvalue weighted by Gasteiger charge is -2.07. The van der Waals surface area contributed by atoms with Crippen molar-refractivity contribution in [3.8, 4) is 0 Å². The molecule has 1 unspecified atom stereocenters. The summed E-state index contributed by atoms with van der Waals surface area (Å²) in [5.41, 5.74) is 4.78. The Bertz CT molecular complexity index is 141. The smallest absolute Gasteiger partial charge is 0.312 e. The summed E-state index contributed by atoms with van der Waals surface area (Å²) in [6.45, 7) is 3.80. The molecule has 0 fully saturated rings. The van der Waals surface area contributed by atoms with Gasteiger partial charge in [-0.15, -0.1) is 0 Å². The van der Waals surface area contributed by atoms with Crippen molar-refractivity contribution in [3.63, 3.8) is 0 Å². The predicted molar refractivity (Wildman–Crippen MR) is 45.7 cm³/mol. The highest BCUT2D eigenvalue weighted by Gasteiger charge is 2.02.